The van der Waals surface area contributed by atoms with E-state index in [0.29, 0.717) is 42.2 Å². The Balaban J connectivity index is 1.39. The van der Waals surface area contributed by atoms with Crippen molar-refractivity contribution in [2.24, 2.45) is 0 Å². The molecular formula is C23H23ClFN3O3S2. The van der Waals surface area contributed by atoms with Crippen molar-refractivity contribution in [1.29, 1.82) is 0 Å². The topological polar surface area (TPSA) is 79.4 Å². The van der Waals surface area contributed by atoms with E-state index in [9.17, 15) is 17.6 Å². The highest BCUT2D eigenvalue weighted by atomic mass is 35.5. The summed E-state index contributed by atoms with van der Waals surface area (Å²) in [7, 11) is -3.62. The Kier molecular flexibility index (Phi) is 6.86. The van der Waals surface area contributed by atoms with E-state index in [1.165, 1.54) is 27.8 Å². The van der Waals surface area contributed by atoms with Crippen molar-refractivity contribution in [1.82, 2.24) is 9.29 Å². The van der Waals surface area contributed by atoms with Gasteiger partial charge in [0.25, 0.3) is 5.91 Å². The standard InChI is InChI=1S/C23H23ClFN3O3S2/c1-14-4-6-18(12-19(14)24)33(30,31)28-9-7-16(8-10-28)23-27-21(13-32-23)22(29)26-17-5-3-15(2)20(25)11-17/h3-6,11-13,16H,7-10H2,1-2H3,(H,26,29). The van der Waals surface area contributed by atoms with Crippen LogP contribution in [0.25, 0.3) is 0 Å². The van der Waals surface area contributed by atoms with Gasteiger partial charge in [-0.15, -0.1) is 11.3 Å². The lowest BCUT2D eigenvalue weighted by atomic mass is 9.99. The highest BCUT2D eigenvalue weighted by molar-refractivity contribution is 7.89. The number of nitrogens with one attached hydrogen (secondary N) is 1. The zero-order chi connectivity index (χ0) is 23.8. The summed E-state index contributed by atoms with van der Waals surface area (Å²) in [6, 6.07) is 9.29. The quantitative estimate of drug-likeness (QED) is 0.503. The Morgan fingerprint density at radius 1 is 1.15 bits per heavy atom. The number of halogens is 2. The maximum absolute atomic E-state index is 13.7. The first-order chi connectivity index (χ1) is 15.6. The summed E-state index contributed by atoms with van der Waals surface area (Å²) in [6.07, 6.45) is 1.22. The van der Waals surface area contributed by atoms with Crippen LogP contribution in [-0.2, 0) is 10.0 Å². The van der Waals surface area contributed by atoms with E-state index in [4.69, 9.17) is 11.6 Å². The predicted octanol–water partition coefficient (Wildman–Crippen LogP) is 5.37. The van der Waals surface area contributed by atoms with Crippen LogP contribution in [0.3, 0.4) is 0 Å². The van der Waals surface area contributed by atoms with Gasteiger partial charge in [-0.2, -0.15) is 4.31 Å². The number of rotatable bonds is 5. The lowest BCUT2D eigenvalue weighted by Gasteiger charge is -2.30. The van der Waals surface area contributed by atoms with Gasteiger partial charge in [0.15, 0.2) is 0 Å². The van der Waals surface area contributed by atoms with E-state index < -0.39 is 15.9 Å². The molecule has 0 spiro atoms. The number of carbonyl (C=O) groups excluding carboxylic acids is 1. The number of amides is 1. The van der Waals surface area contributed by atoms with Crippen LogP contribution in [0.15, 0.2) is 46.7 Å². The van der Waals surface area contributed by atoms with Gasteiger partial charge in [0.05, 0.1) is 9.90 Å². The molecule has 0 radical (unpaired) electrons. The third-order valence-electron chi connectivity index (χ3n) is 5.77. The smallest absolute Gasteiger partial charge is 0.275 e. The van der Waals surface area contributed by atoms with Crippen molar-refractivity contribution in [2.75, 3.05) is 18.4 Å². The normalized spacial score (nSPS) is 15.5. The third-order valence-corrected chi connectivity index (χ3v) is 9.08. The molecule has 1 aliphatic heterocycles. The van der Waals surface area contributed by atoms with Crippen LogP contribution in [0.4, 0.5) is 10.1 Å². The second kappa shape index (κ2) is 9.50. The maximum atomic E-state index is 13.7. The first-order valence-corrected chi connectivity index (χ1v) is 13.1. The fourth-order valence-electron chi connectivity index (χ4n) is 3.67. The Bertz CT molecular complexity index is 1300. The highest BCUT2D eigenvalue weighted by Gasteiger charge is 2.31. The van der Waals surface area contributed by atoms with Crippen LogP contribution >= 0.6 is 22.9 Å². The van der Waals surface area contributed by atoms with Gasteiger partial charge in [-0.05, 0) is 62.1 Å². The lowest BCUT2D eigenvalue weighted by molar-refractivity contribution is 0.102. The molecule has 1 amide bonds. The Labute approximate surface area is 201 Å². The van der Waals surface area contributed by atoms with Crippen LogP contribution < -0.4 is 5.32 Å². The number of hydrogen-bond donors (Lipinski definition) is 1. The van der Waals surface area contributed by atoms with Crippen LogP contribution in [0.1, 0.15) is 45.4 Å². The molecule has 0 unspecified atom stereocenters. The van der Waals surface area contributed by atoms with E-state index in [2.05, 4.69) is 10.3 Å². The molecule has 1 aromatic heterocycles. The van der Waals surface area contributed by atoms with E-state index in [1.54, 1.807) is 36.6 Å². The summed E-state index contributed by atoms with van der Waals surface area (Å²) in [6.45, 7) is 4.20. The van der Waals surface area contributed by atoms with Crippen molar-refractivity contribution >= 4 is 44.6 Å². The fraction of sp³-hybridized carbons (Fsp3) is 0.304. The SMILES string of the molecule is Cc1ccc(NC(=O)c2csc(C3CCN(S(=O)(=O)c4ccc(C)c(Cl)c4)CC3)n2)cc1F. The van der Waals surface area contributed by atoms with Crippen molar-refractivity contribution in [3.8, 4) is 0 Å². The largest absolute Gasteiger partial charge is 0.321 e. The molecule has 10 heteroatoms. The maximum Gasteiger partial charge on any atom is 0.275 e. The number of piperidine rings is 1. The van der Waals surface area contributed by atoms with Gasteiger partial charge < -0.3 is 5.32 Å². The summed E-state index contributed by atoms with van der Waals surface area (Å²) in [4.78, 5) is 17.2. The van der Waals surface area contributed by atoms with E-state index in [1.807, 2.05) is 6.92 Å². The molecule has 3 aromatic rings. The fourth-order valence-corrected chi connectivity index (χ4v) is 6.38. The Hall–Kier alpha value is -2.33. The van der Waals surface area contributed by atoms with Gasteiger partial charge in [-0.25, -0.2) is 17.8 Å². The minimum atomic E-state index is -3.62. The van der Waals surface area contributed by atoms with Crippen molar-refractivity contribution in [2.45, 2.75) is 37.5 Å². The summed E-state index contributed by atoms with van der Waals surface area (Å²) in [5.41, 5.74) is 1.96. The summed E-state index contributed by atoms with van der Waals surface area (Å²) in [5.74, 6) is -0.722. The van der Waals surface area contributed by atoms with Crippen LogP contribution in [0, 0.1) is 19.7 Å². The van der Waals surface area contributed by atoms with Gasteiger partial charge >= 0.3 is 0 Å². The average molecular weight is 508 g/mol. The molecule has 1 aliphatic rings. The number of benzene rings is 2. The molecule has 2 aromatic carbocycles. The van der Waals surface area contributed by atoms with Gasteiger partial charge in [0.1, 0.15) is 11.5 Å². The molecule has 1 fully saturated rings. The summed E-state index contributed by atoms with van der Waals surface area (Å²) >= 11 is 7.49. The third kappa shape index (κ3) is 5.11. The van der Waals surface area contributed by atoms with Crippen molar-refractivity contribution in [3.05, 3.63) is 74.4 Å². The zero-order valence-electron chi connectivity index (χ0n) is 18.1. The Morgan fingerprint density at radius 3 is 2.52 bits per heavy atom. The summed E-state index contributed by atoms with van der Waals surface area (Å²) < 4.78 is 41.2. The first-order valence-electron chi connectivity index (χ1n) is 10.4. The Morgan fingerprint density at radius 2 is 1.85 bits per heavy atom. The number of thiazole rings is 1. The molecule has 1 saturated heterocycles. The molecule has 0 saturated carbocycles. The molecule has 33 heavy (non-hydrogen) atoms. The first kappa shape index (κ1) is 23.8. The lowest BCUT2D eigenvalue weighted by Crippen LogP contribution is -2.37. The summed E-state index contributed by atoms with van der Waals surface area (Å²) in [5, 5.41) is 5.56. The molecule has 0 bridgehead atoms. The number of sulfonamides is 1. The van der Waals surface area contributed by atoms with E-state index in [-0.39, 0.29) is 22.3 Å². The molecule has 4 rings (SSSR count). The van der Waals surface area contributed by atoms with Gasteiger partial charge in [-0.3, -0.25) is 4.79 Å². The zero-order valence-corrected chi connectivity index (χ0v) is 20.5. The number of hydrogen-bond acceptors (Lipinski definition) is 5. The van der Waals surface area contributed by atoms with Crippen molar-refractivity contribution < 1.29 is 17.6 Å². The van der Waals surface area contributed by atoms with Crippen LogP contribution in [0.2, 0.25) is 5.02 Å². The molecule has 2 heterocycles. The minimum Gasteiger partial charge on any atom is -0.321 e. The number of aryl methyl sites for hydroxylation is 2. The average Bonchev–Trinajstić information content (AvgIpc) is 3.29. The minimum absolute atomic E-state index is 0.0708. The second-order valence-electron chi connectivity index (χ2n) is 8.08. The monoisotopic (exact) mass is 507 g/mol. The number of nitrogens with zero attached hydrogens (tertiary/aromatic N) is 2. The van der Waals surface area contributed by atoms with E-state index >= 15 is 0 Å². The molecular weight excluding hydrogens is 485 g/mol. The molecule has 174 valence electrons. The van der Waals surface area contributed by atoms with Gasteiger partial charge in [-0.1, -0.05) is 23.7 Å². The molecule has 1 N–H and O–H groups in total. The highest BCUT2D eigenvalue weighted by Crippen LogP contribution is 2.33. The number of carbonyl (C=O) groups is 1. The molecule has 0 aliphatic carbocycles. The van der Waals surface area contributed by atoms with Crippen molar-refractivity contribution in [3.63, 3.8) is 0 Å². The van der Waals surface area contributed by atoms with E-state index in [0.717, 1.165) is 10.6 Å². The van der Waals surface area contributed by atoms with Gasteiger partial charge in [0, 0.05) is 35.1 Å². The van der Waals surface area contributed by atoms with Gasteiger partial charge in [0.2, 0.25) is 10.0 Å². The molecule has 6 nitrogen and oxygen atoms in total. The number of aromatic nitrogens is 1. The van der Waals surface area contributed by atoms with Crippen LogP contribution in [-0.4, -0.2) is 36.7 Å². The number of anilines is 1. The molecule has 0 atom stereocenters. The second-order valence-corrected chi connectivity index (χ2v) is 11.3. The predicted molar refractivity (Wildman–Crippen MR) is 128 cm³/mol. The van der Waals surface area contributed by atoms with Crippen LogP contribution in [0.5, 0.6) is 0 Å².